The molecule has 3 fully saturated rings. The Labute approximate surface area is 190 Å². The first-order valence-electron chi connectivity index (χ1n) is 10.6. The molecule has 2 amide bonds. The SMILES string of the molecule is Cc1cc(/C=N\N2C(=O)[C@@H]3[C@H]4C=C[C@@H]([C@@H]5C[C@H]45)[C@H]3C2=O)c(C)n1-c1ccc(Cl)c(Cl)c1. The van der Waals surface area contributed by atoms with Gasteiger partial charge in [0.2, 0.25) is 0 Å². The highest BCUT2D eigenvalue weighted by atomic mass is 35.5. The summed E-state index contributed by atoms with van der Waals surface area (Å²) in [6.07, 6.45) is 7.12. The molecular weight excluding hydrogens is 433 g/mol. The van der Waals surface area contributed by atoms with E-state index in [4.69, 9.17) is 23.2 Å². The van der Waals surface area contributed by atoms with E-state index < -0.39 is 0 Å². The molecule has 4 aliphatic carbocycles. The fraction of sp³-hybridized carbons (Fsp3) is 0.375. The van der Waals surface area contributed by atoms with Gasteiger partial charge in [-0.05, 0) is 68.2 Å². The third-order valence-electron chi connectivity index (χ3n) is 7.58. The van der Waals surface area contributed by atoms with E-state index in [1.807, 2.05) is 32.0 Å². The lowest BCUT2D eigenvalue weighted by Crippen LogP contribution is -2.40. The quantitative estimate of drug-likeness (QED) is 0.381. The average Bonchev–Trinajstić information content (AvgIpc) is 3.47. The fourth-order valence-electron chi connectivity index (χ4n) is 6.11. The number of hydrogen-bond donors (Lipinski definition) is 0. The molecule has 2 aromatic rings. The number of aryl methyl sites for hydroxylation is 1. The summed E-state index contributed by atoms with van der Waals surface area (Å²) in [5, 5.41) is 6.49. The molecule has 7 heteroatoms. The molecule has 1 saturated heterocycles. The van der Waals surface area contributed by atoms with E-state index in [-0.39, 0.29) is 35.5 Å². The molecule has 2 bridgehead atoms. The highest BCUT2D eigenvalue weighted by Gasteiger charge is 2.67. The molecule has 1 aromatic carbocycles. The van der Waals surface area contributed by atoms with Crippen molar-refractivity contribution in [2.75, 3.05) is 0 Å². The van der Waals surface area contributed by atoms with Crippen LogP contribution in [0.2, 0.25) is 10.0 Å². The lowest BCUT2D eigenvalue weighted by atomic mass is 9.63. The van der Waals surface area contributed by atoms with Crippen LogP contribution in [0.3, 0.4) is 0 Å². The molecule has 1 aliphatic heterocycles. The minimum absolute atomic E-state index is 0.144. The van der Waals surface area contributed by atoms with Crippen LogP contribution in [0.5, 0.6) is 0 Å². The maximum Gasteiger partial charge on any atom is 0.254 e. The fourth-order valence-corrected chi connectivity index (χ4v) is 6.41. The monoisotopic (exact) mass is 453 g/mol. The van der Waals surface area contributed by atoms with Crippen molar-refractivity contribution in [2.24, 2.45) is 40.6 Å². The molecule has 0 N–H and O–H groups in total. The summed E-state index contributed by atoms with van der Waals surface area (Å²) in [5.41, 5.74) is 3.68. The van der Waals surface area contributed by atoms with Crippen molar-refractivity contribution < 1.29 is 9.59 Å². The summed E-state index contributed by atoms with van der Waals surface area (Å²) in [7, 11) is 0. The number of imide groups is 1. The van der Waals surface area contributed by atoms with Crippen molar-refractivity contribution in [1.29, 1.82) is 0 Å². The van der Waals surface area contributed by atoms with Gasteiger partial charge in [0, 0.05) is 22.6 Å². The second-order valence-electron chi connectivity index (χ2n) is 9.15. The van der Waals surface area contributed by atoms with Crippen molar-refractivity contribution >= 4 is 41.2 Å². The van der Waals surface area contributed by atoms with Gasteiger partial charge in [-0.2, -0.15) is 10.1 Å². The summed E-state index contributed by atoms with van der Waals surface area (Å²) >= 11 is 12.3. The van der Waals surface area contributed by atoms with Gasteiger partial charge in [-0.3, -0.25) is 9.59 Å². The number of carbonyl (C=O) groups is 2. The Balaban J connectivity index is 1.30. The van der Waals surface area contributed by atoms with Gasteiger partial charge in [0.25, 0.3) is 11.8 Å². The highest BCUT2D eigenvalue weighted by molar-refractivity contribution is 6.42. The molecule has 0 unspecified atom stereocenters. The third-order valence-corrected chi connectivity index (χ3v) is 8.32. The lowest BCUT2D eigenvalue weighted by molar-refractivity contribution is -0.140. The molecule has 31 heavy (non-hydrogen) atoms. The van der Waals surface area contributed by atoms with Crippen LogP contribution in [0.25, 0.3) is 5.69 Å². The molecule has 2 saturated carbocycles. The molecule has 1 aromatic heterocycles. The lowest BCUT2D eigenvalue weighted by Gasteiger charge is -2.37. The Morgan fingerprint density at radius 3 is 2.23 bits per heavy atom. The van der Waals surface area contributed by atoms with Crippen LogP contribution in [0, 0.1) is 49.4 Å². The Kier molecular flexibility index (Phi) is 4.09. The number of amides is 2. The van der Waals surface area contributed by atoms with Gasteiger partial charge in [-0.1, -0.05) is 35.4 Å². The van der Waals surface area contributed by atoms with Crippen molar-refractivity contribution in [3.63, 3.8) is 0 Å². The molecule has 0 spiro atoms. The number of benzene rings is 1. The Morgan fingerprint density at radius 2 is 1.61 bits per heavy atom. The van der Waals surface area contributed by atoms with Crippen molar-refractivity contribution in [3.05, 3.63) is 63.4 Å². The van der Waals surface area contributed by atoms with E-state index in [9.17, 15) is 9.59 Å². The normalized spacial score (nSPS) is 32.8. The zero-order valence-electron chi connectivity index (χ0n) is 17.1. The Bertz CT molecular complexity index is 1180. The number of rotatable bonds is 3. The van der Waals surface area contributed by atoms with Crippen LogP contribution in [-0.4, -0.2) is 27.6 Å². The van der Waals surface area contributed by atoms with Crippen LogP contribution in [-0.2, 0) is 9.59 Å². The van der Waals surface area contributed by atoms with Gasteiger partial charge in [-0.25, -0.2) is 0 Å². The third kappa shape index (κ3) is 2.66. The largest absolute Gasteiger partial charge is 0.318 e. The number of hydrazone groups is 1. The van der Waals surface area contributed by atoms with Gasteiger partial charge in [0.05, 0.1) is 28.1 Å². The topological polar surface area (TPSA) is 54.7 Å². The molecular formula is C24H21Cl2N3O2. The molecule has 2 heterocycles. The van der Waals surface area contributed by atoms with E-state index in [1.165, 1.54) is 0 Å². The van der Waals surface area contributed by atoms with E-state index in [0.29, 0.717) is 21.9 Å². The Morgan fingerprint density at radius 1 is 0.968 bits per heavy atom. The smallest absolute Gasteiger partial charge is 0.254 e. The standard InChI is InChI=1S/C24H21Cl2N3O2/c1-11-7-13(12(2)28(11)14-3-6-19(25)20(26)8-14)10-27-29-23(30)21-15-4-5-16(18-9-17(15)18)22(21)24(29)31/h3-8,10,15-18,21-22H,9H2,1-2H3/b27-10-/t15-,16-,17-,18+,21+,22+/m0/s1. The second-order valence-corrected chi connectivity index (χ2v) is 9.96. The van der Waals surface area contributed by atoms with Crippen LogP contribution < -0.4 is 0 Å². The Hall–Kier alpha value is -2.37. The van der Waals surface area contributed by atoms with E-state index >= 15 is 0 Å². The van der Waals surface area contributed by atoms with Crippen molar-refractivity contribution in [3.8, 4) is 5.69 Å². The van der Waals surface area contributed by atoms with Crippen molar-refractivity contribution in [1.82, 2.24) is 9.58 Å². The van der Waals surface area contributed by atoms with E-state index in [0.717, 1.165) is 34.1 Å². The van der Waals surface area contributed by atoms with Gasteiger partial charge >= 0.3 is 0 Å². The average molecular weight is 454 g/mol. The number of allylic oxidation sites excluding steroid dienone is 2. The van der Waals surface area contributed by atoms with Crippen LogP contribution in [0.4, 0.5) is 0 Å². The van der Waals surface area contributed by atoms with Crippen LogP contribution in [0.1, 0.15) is 23.4 Å². The second kappa shape index (κ2) is 6.57. The minimum atomic E-state index is -0.230. The first-order chi connectivity index (χ1) is 14.9. The summed E-state index contributed by atoms with van der Waals surface area (Å²) in [4.78, 5) is 26.2. The van der Waals surface area contributed by atoms with E-state index in [1.54, 1.807) is 12.3 Å². The molecule has 5 aliphatic rings. The summed E-state index contributed by atoms with van der Waals surface area (Å²) < 4.78 is 2.05. The minimum Gasteiger partial charge on any atom is -0.318 e. The first-order valence-corrected chi connectivity index (χ1v) is 11.4. The first kappa shape index (κ1) is 19.3. The summed E-state index contributed by atoms with van der Waals surface area (Å²) in [5.74, 6) is 0.833. The van der Waals surface area contributed by atoms with Crippen molar-refractivity contribution in [2.45, 2.75) is 20.3 Å². The number of hydrogen-bond acceptors (Lipinski definition) is 3. The predicted octanol–water partition coefficient (Wildman–Crippen LogP) is 4.79. The summed E-state index contributed by atoms with van der Waals surface area (Å²) in [6, 6.07) is 7.47. The molecule has 158 valence electrons. The highest BCUT2D eigenvalue weighted by Crippen LogP contribution is 2.65. The number of aromatic nitrogens is 1. The zero-order chi connectivity index (χ0) is 21.6. The molecule has 7 rings (SSSR count). The molecule has 0 radical (unpaired) electrons. The zero-order valence-corrected chi connectivity index (χ0v) is 18.6. The van der Waals surface area contributed by atoms with Gasteiger partial charge in [-0.15, -0.1) is 0 Å². The maximum absolute atomic E-state index is 13.1. The van der Waals surface area contributed by atoms with Gasteiger partial charge in [0.1, 0.15) is 0 Å². The molecule has 6 atom stereocenters. The van der Waals surface area contributed by atoms with Gasteiger partial charge in [0.15, 0.2) is 0 Å². The predicted molar refractivity (Wildman–Crippen MR) is 119 cm³/mol. The van der Waals surface area contributed by atoms with Crippen LogP contribution in [0.15, 0.2) is 41.5 Å². The van der Waals surface area contributed by atoms with E-state index in [2.05, 4.69) is 21.8 Å². The summed E-state index contributed by atoms with van der Waals surface area (Å²) in [6.45, 7) is 3.96. The number of carbonyl (C=O) groups excluding carboxylic acids is 2. The van der Waals surface area contributed by atoms with Gasteiger partial charge < -0.3 is 4.57 Å². The van der Waals surface area contributed by atoms with Crippen LogP contribution >= 0.6 is 23.2 Å². The maximum atomic E-state index is 13.1. The number of halogens is 2. The molecule has 5 nitrogen and oxygen atoms in total. The number of nitrogens with zero attached hydrogens (tertiary/aromatic N) is 3.